The van der Waals surface area contributed by atoms with E-state index in [2.05, 4.69) is 49.6 Å². The van der Waals surface area contributed by atoms with Gasteiger partial charge in [-0.25, -0.2) is 4.98 Å². The first-order chi connectivity index (χ1) is 7.97. The van der Waals surface area contributed by atoms with Crippen molar-refractivity contribution in [1.82, 2.24) is 14.9 Å². The molecule has 1 aromatic rings. The predicted octanol–water partition coefficient (Wildman–Crippen LogP) is 2.77. The van der Waals surface area contributed by atoms with E-state index in [-0.39, 0.29) is 0 Å². The normalized spacial score (nSPS) is 15.2. The third-order valence-corrected chi connectivity index (χ3v) is 3.66. The summed E-state index contributed by atoms with van der Waals surface area (Å²) in [6.07, 6.45) is 7.36. The molecular formula is C14H27N3. The summed E-state index contributed by atoms with van der Waals surface area (Å²) < 4.78 is 2.12. The van der Waals surface area contributed by atoms with Gasteiger partial charge < -0.3 is 9.88 Å². The summed E-state index contributed by atoms with van der Waals surface area (Å²) in [4.78, 5) is 4.39. The van der Waals surface area contributed by atoms with Crippen LogP contribution in [0.4, 0.5) is 0 Å². The third kappa shape index (κ3) is 4.50. The van der Waals surface area contributed by atoms with Crippen LogP contribution in [-0.4, -0.2) is 22.1 Å². The van der Waals surface area contributed by atoms with Crippen molar-refractivity contribution in [1.29, 1.82) is 0 Å². The Balaban J connectivity index is 2.48. The zero-order chi connectivity index (χ0) is 12.9. The van der Waals surface area contributed by atoms with Gasteiger partial charge in [-0.15, -0.1) is 0 Å². The first kappa shape index (κ1) is 14.2. The van der Waals surface area contributed by atoms with Crippen molar-refractivity contribution in [3.63, 3.8) is 0 Å². The van der Waals surface area contributed by atoms with Crippen molar-refractivity contribution in [2.75, 3.05) is 6.54 Å². The van der Waals surface area contributed by atoms with Crippen LogP contribution in [0.25, 0.3) is 0 Å². The molecule has 1 unspecified atom stereocenters. The van der Waals surface area contributed by atoms with E-state index in [1.165, 1.54) is 18.7 Å². The third-order valence-electron chi connectivity index (χ3n) is 3.66. The van der Waals surface area contributed by atoms with Gasteiger partial charge in [-0.2, -0.15) is 0 Å². The Kier molecular flexibility index (Phi) is 5.19. The topological polar surface area (TPSA) is 29.9 Å². The molecule has 0 aromatic carbocycles. The number of imidazole rings is 1. The summed E-state index contributed by atoms with van der Waals surface area (Å²) in [6.45, 7) is 10.1. The molecule has 1 rings (SSSR count). The molecule has 1 atom stereocenters. The Hall–Kier alpha value is -0.830. The predicted molar refractivity (Wildman–Crippen MR) is 73.1 cm³/mol. The number of nitrogens with one attached hydrogen (secondary N) is 1. The average Bonchev–Trinajstić information content (AvgIpc) is 2.70. The number of aryl methyl sites for hydroxylation is 2. The maximum Gasteiger partial charge on any atom is 0.108 e. The molecule has 0 aliphatic carbocycles. The van der Waals surface area contributed by atoms with Crippen molar-refractivity contribution in [3.05, 3.63) is 18.2 Å². The van der Waals surface area contributed by atoms with Gasteiger partial charge in [0, 0.05) is 38.4 Å². The second-order valence-electron chi connectivity index (χ2n) is 5.65. The highest BCUT2D eigenvalue weighted by Crippen LogP contribution is 2.26. The second-order valence-corrected chi connectivity index (χ2v) is 5.65. The maximum atomic E-state index is 4.39. The smallest absolute Gasteiger partial charge is 0.108 e. The Morgan fingerprint density at radius 3 is 2.65 bits per heavy atom. The van der Waals surface area contributed by atoms with Gasteiger partial charge in [0.1, 0.15) is 5.82 Å². The van der Waals surface area contributed by atoms with E-state index < -0.39 is 0 Å². The molecular weight excluding hydrogens is 210 g/mol. The van der Waals surface area contributed by atoms with Gasteiger partial charge in [0.2, 0.25) is 0 Å². The van der Waals surface area contributed by atoms with Gasteiger partial charge >= 0.3 is 0 Å². The molecule has 0 bridgehead atoms. The number of nitrogens with zero attached hydrogens (tertiary/aromatic N) is 2. The lowest BCUT2D eigenvalue weighted by molar-refractivity contribution is 0.259. The first-order valence-electron chi connectivity index (χ1n) is 6.66. The molecule has 1 aromatic heterocycles. The molecule has 0 fully saturated rings. The van der Waals surface area contributed by atoms with Gasteiger partial charge in [-0.1, -0.05) is 27.7 Å². The highest BCUT2D eigenvalue weighted by Gasteiger charge is 2.22. The second kappa shape index (κ2) is 6.20. The molecule has 0 aliphatic rings. The molecule has 98 valence electrons. The molecule has 0 aliphatic heterocycles. The summed E-state index contributed by atoms with van der Waals surface area (Å²) in [5, 5.41) is 3.55. The van der Waals surface area contributed by atoms with E-state index in [9.17, 15) is 0 Å². The summed E-state index contributed by atoms with van der Waals surface area (Å²) in [6, 6.07) is 0.564. The molecule has 3 nitrogen and oxygen atoms in total. The summed E-state index contributed by atoms with van der Waals surface area (Å²) in [5.41, 5.74) is 0.371. The molecule has 1 heterocycles. The monoisotopic (exact) mass is 237 g/mol. The summed E-state index contributed by atoms with van der Waals surface area (Å²) in [5.74, 6) is 1.19. The van der Waals surface area contributed by atoms with Crippen LogP contribution in [0.1, 0.15) is 46.4 Å². The van der Waals surface area contributed by atoms with Crippen LogP contribution in [0.2, 0.25) is 0 Å². The lowest BCUT2D eigenvalue weighted by atomic mass is 9.82. The Bertz CT molecular complexity index is 330. The highest BCUT2D eigenvalue weighted by molar-refractivity contribution is 4.93. The molecule has 0 spiro atoms. The van der Waals surface area contributed by atoms with Crippen molar-refractivity contribution in [3.8, 4) is 0 Å². The number of hydrogen-bond donors (Lipinski definition) is 1. The molecule has 0 radical (unpaired) electrons. The minimum atomic E-state index is 0.371. The zero-order valence-electron chi connectivity index (χ0n) is 12.0. The van der Waals surface area contributed by atoms with Crippen LogP contribution in [0.3, 0.4) is 0 Å². The van der Waals surface area contributed by atoms with Crippen LogP contribution in [0.5, 0.6) is 0 Å². The zero-order valence-corrected chi connectivity index (χ0v) is 12.0. The minimum absolute atomic E-state index is 0.371. The summed E-state index contributed by atoms with van der Waals surface area (Å²) in [7, 11) is 2.07. The Labute approximate surface area is 106 Å². The van der Waals surface area contributed by atoms with Crippen LogP contribution >= 0.6 is 0 Å². The van der Waals surface area contributed by atoms with E-state index in [0.29, 0.717) is 11.5 Å². The fourth-order valence-corrected chi connectivity index (χ4v) is 1.89. The number of hydrogen-bond acceptors (Lipinski definition) is 2. The SMILES string of the molecule is CCC(C)(CCc1nccn1C)CNC(C)C. The van der Waals surface area contributed by atoms with Gasteiger partial charge in [-0.05, 0) is 18.3 Å². The maximum absolute atomic E-state index is 4.39. The lowest BCUT2D eigenvalue weighted by Crippen LogP contribution is -2.35. The quantitative estimate of drug-likeness (QED) is 0.790. The van der Waals surface area contributed by atoms with E-state index in [1.807, 2.05) is 12.4 Å². The van der Waals surface area contributed by atoms with Crippen molar-refractivity contribution in [2.24, 2.45) is 12.5 Å². The molecule has 3 heteroatoms. The van der Waals surface area contributed by atoms with Gasteiger partial charge in [-0.3, -0.25) is 0 Å². The van der Waals surface area contributed by atoms with Gasteiger partial charge in [0.15, 0.2) is 0 Å². The standard InChI is InChI=1S/C14H27N3/c1-6-14(4,11-16-12(2)3)8-7-13-15-9-10-17(13)5/h9-10,12,16H,6-8,11H2,1-5H3. The van der Waals surface area contributed by atoms with Crippen molar-refractivity contribution >= 4 is 0 Å². The van der Waals surface area contributed by atoms with E-state index >= 15 is 0 Å². The Morgan fingerprint density at radius 1 is 1.47 bits per heavy atom. The highest BCUT2D eigenvalue weighted by atomic mass is 15.0. The molecule has 0 amide bonds. The van der Waals surface area contributed by atoms with Crippen molar-refractivity contribution < 1.29 is 0 Å². The van der Waals surface area contributed by atoms with Gasteiger partial charge in [0.25, 0.3) is 0 Å². The number of rotatable bonds is 7. The average molecular weight is 237 g/mol. The van der Waals surface area contributed by atoms with E-state index in [4.69, 9.17) is 0 Å². The molecule has 17 heavy (non-hydrogen) atoms. The van der Waals surface area contributed by atoms with Crippen LogP contribution in [-0.2, 0) is 13.5 Å². The van der Waals surface area contributed by atoms with E-state index in [1.54, 1.807) is 0 Å². The summed E-state index contributed by atoms with van der Waals surface area (Å²) >= 11 is 0. The van der Waals surface area contributed by atoms with Crippen molar-refractivity contribution in [2.45, 2.75) is 53.0 Å². The minimum Gasteiger partial charge on any atom is -0.338 e. The fourth-order valence-electron chi connectivity index (χ4n) is 1.89. The lowest BCUT2D eigenvalue weighted by Gasteiger charge is -2.29. The number of aromatic nitrogens is 2. The molecule has 0 saturated carbocycles. The fraction of sp³-hybridized carbons (Fsp3) is 0.786. The Morgan fingerprint density at radius 2 is 2.18 bits per heavy atom. The van der Waals surface area contributed by atoms with Crippen LogP contribution in [0, 0.1) is 5.41 Å². The van der Waals surface area contributed by atoms with Gasteiger partial charge in [0.05, 0.1) is 0 Å². The first-order valence-corrected chi connectivity index (χ1v) is 6.66. The van der Waals surface area contributed by atoms with Crippen LogP contribution < -0.4 is 5.32 Å². The molecule has 1 N–H and O–H groups in total. The van der Waals surface area contributed by atoms with Crippen LogP contribution in [0.15, 0.2) is 12.4 Å². The molecule has 0 saturated heterocycles. The largest absolute Gasteiger partial charge is 0.338 e. The van der Waals surface area contributed by atoms with E-state index in [0.717, 1.165) is 13.0 Å².